The van der Waals surface area contributed by atoms with Crippen molar-refractivity contribution in [2.24, 2.45) is 7.05 Å². The SMILES string of the molecule is Cn1[nH]c(CC2CSCCN2)cc1=O. The fraction of sp³-hybridized carbons (Fsp3) is 0.667. The zero-order chi connectivity index (χ0) is 9.97. The maximum Gasteiger partial charge on any atom is 0.266 e. The van der Waals surface area contributed by atoms with Crippen molar-refractivity contribution in [3.63, 3.8) is 0 Å². The summed E-state index contributed by atoms with van der Waals surface area (Å²) in [6.45, 7) is 1.08. The molecule has 1 unspecified atom stereocenters. The van der Waals surface area contributed by atoms with Crippen LogP contribution < -0.4 is 10.9 Å². The molecular formula is C9H15N3OS. The van der Waals surface area contributed by atoms with Crippen LogP contribution in [0, 0.1) is 0 Å². The molecule has 1 aliphatic heterocycles. The largest absolute Gasteiger partial charge is 0.312 e. The fourth-order valence-electron chi connectivity index (χ4n) is 1.67. The molecule has 4 nitrogen and oxygen atoms in total. The van der Waals surface area contributed by atoms with Gasteiger partial charge in [-0.05, 0) is 0 Å². The molecule has 0 saturated carbocycles. The third-order valence-electron chi connectivity index (χ3n) is 2.40. The smallest absolute Gasteiger partial charge is 0.266 e. The Morgan fingerprint density at radius 2 is 2.57 bits per heavy atom. The highest BCUT2D eigenvalue weighted by Gasteiger charge is 2.14. The average Bonchev–Trinajstić information content (AvgIpc) is 2.47. The lowest BCUT2D eigenvalue weighted by Crippen LogP contribution is -2.39. The highest BCUT2D eigenvalue weighted by Crippen LogP contribution is 2.10. The minimum atomic E-state index is 0.0449. The van der Waals surface area contributed by atoms with Crippen molar-refractivity contribution >= 4 is 11.8 Å². The molecule has 0 amide bonds. The maximum atomic E-state index is 11.2. The summed E-state index contributed by atoms with van der Waals surface area (Å²) in [5, 5.41) is 6.49. The fourth-order valence-corrected chi connectivity index (χ4v) is 2.62. The number of H-pyrrole nitrogens is 1. The van der Waals surface area contributed by atoms with Gasteiger partial charge < -0.3 is 5.32 Å². The van der Waals surface area contributed by atoms with E-state index >= 15 is 0 Å². The van der Waals surface area contributed by atoms with Gasteiger partial charge in [-0.25, -0.2) is 0 Å². The van der Waals surface area contributed by atoms with Crippen LogP contribution in [0.4, 0.5) is 0 Å². The number of rotatable bonds is 2. The Morgan fingerprint density at radius 1 is 1.71 bits per heavy atom. The van der Waals surface area contributed by atoms with E-state index in [0.717, 1.165) is 24.4 Å². The highest BCUT2D eigenvalue weighted by atomic mass is 32.2. The Morgan fingerprint density at radius 3 is 3.14 bits per heavy atom. The molecule has 0 spiro atoms. The quantitative estimate of drug-likeness (QED) is 0.725. The summed E-state index contributed by atoms with van der Waals surface area (Å²) in [6, 6.07) is 2.19. The number of nitrogens with zero attached hydrogens (tertiary/aromatic N) is 1. The first-order chi connectivity index (χ1) is 6.75. The lowest BCUT2D eigenvalue weighted by Gasteiger charge is -2.22. The number of hydrogen-bond donors (Lipinski definition) is 2. The summed E-state index contributed by atoms with van der Waals surface area (Å²) in [5.41, 5.74) is 1.07. The Bertz CT molecular complexity index is 351. The Labute approximate surface area is 87.1 Å². The van der Waals surface area contributed by atoms with Gasteiger partial charge in [0.1, 0.15) is 0 Å². The van der Waals surface area contributed by atoms with E-state index in [1.54, 1.807) is 13.1 Å². The number of aromatic amines is 1. The molecule has 2 heterocycles. The molecule has 0 aliphatic carbocycles. The molecule has 1 fully saturated rings. The molecule has 2 rings (SSSR count). The summed E-state index contributed by atoms with van der Waals surface area (Å²) in [7, 11) is 1.74. The van der Waals surface area contributed by atoms with Crippen LogP contribution in [-0.4, -0.2) is 33.9 Å². The van der Waals surface area contributed by atoms with Gasteiger partial charge in [0.15, 0.2) is 0 Å². The van der Waals surface area contributed by atoms with Crippen molar-refractivity contribution in [3.05, 3.63) is 22.1 Å². The van der Waals surface area contributed by atoms with Crippen molar-refractivity contribution in [3.8, 4) is 0 Å². The zero-order valence-corrected chi connectivity index (χ0v) is 9.06. The minimum Gasteiger partial charge on any atom is -0.312 e. The van der Waals surface area contributed by atoms with E-state index in [-0.39, 0.29) is 5.56 Å². The van der Waals surface area contributed by atoms with Crippen LogP contribution in [0.1, 0.15) is 5.69 Å². The van der Waals surface area contributed by atoms with Crippen molar-refractivity contribution in [1.29, 1.82) is 0 Å². The van der Waals surface area contributed by atoms with Crippen LogP contribution in [0.15, 0.2) is 10.9 Å². The van der Waals surface area contributed by atoms with E-state index in [1.807, 2.05) is 11.8 Å². The number of hydrogen-bond acceptors (Lipinski definition) is 3. The van der Waals surface area contributed by atoms with Gasteiger partial charge in [-0.3, -0.25) is 14.6 Å². The first-order valence-corrected chi connectivity index (χ1v) is 5.97. The monoisotopic (exact) mass is 213 g/mol. The molecule has 2 N–H and O–H groups in total. The summed E-state index contributed by atoms with van der Waals surface area (Å²) < 4.78 is 1.52. The van der Waals surface area contributed by atoms with Gasteiger partial charge in [0.2, 0.25) is 0 Å². The maximum absolute atomic E-state index is 11.2. The average molecular weight is 213 g/mol. The normalized spacial score (nSPS) is 22.5. The summed E-state index contributed by atoms with van der Waals surface area (Å²) >= 11 is 1.97. The van der Waals surface area contributed by atoms with Crippen LogP contribution in [-0.2, 0) is 13.5 Å². The first-order valence-electron chi connectivity index (χ1n) is 4.82. The molecule has 1 saturated heterocycles. The molecule has 78 valence electrons. The molecule has 14 heavy (non-hydrogen) atoms. The summed E-state index contributed by atoms with van der Waals surface area (Å²) in [6.07, 6.45) is 0.920. The summed E-state index contributed by atoms with van der Waals surface area (Å²) in [5.74, 6) is 2.33. The van der Waals surface area contributed by atoms with E-state index in [1.165, 1.54) is 10.4 Å². The van der Waals surface area contributed by atoms with Gasteiger partial charge in [-0.1, -0.05) is 0 Å². The second-order valence-electron chi connectivity index (χ2n) is 3.61. The molecule has 0 aromatic carbocycles. The first kappa shape index (κ1) is 9.86. The molecule has 0 bridgehead atoms. The second kappa shape index (κ2) is 4.23. The molecule has 1 aromatic rings. The van der Waals surface area contributed by atoms with Crippen molar-refractivity contribution in [2.75, 3.05) is 18.1 Å². The lowest BCUT2D eigenvalue weighted by atomic mass is 10.2. The molecule has 0 radical (unpaired) electrons. The standard InChI is InChI=1S/C9H15N3OS/c1-12-9(13)5-7(11-12)4-8-6-14-3-2-10-8/h5,8,10-11H,2-4,6H2,1H3. The predicted octanol–water partition coefficient (Wildman–Crippen LogP) is -0.0391. The van der Waals surface area contributed by atoms with E-state index in [9.17, 15) is 4.79 Å². The number of nitrogens with one attached hydrogen (secondary N) is 2. The van der Waals surface area contributed by atoms with E-state index in [4.69, 9.17) is 0 Å². The Hall–Kier alpha value is -0.680. The van der Waals surface area contributed by atoms with Gasteiger partial charge >= 0.3 is 0 Å². The summed E-state index contributed by atoms with van der Waals surface area (Å²) in [4.78, 5) is 11.2. The number of aromatic nitrogens is 2. The van der Waals surface area contributed by atoms with Crippen LogP contribution in [0.5, 0.6) is 0 Å². The van der Waals surface area contributed by atoms with Crippen LogP contribution in [0.25, 0.3) is 0 Å². The van der Waals surface area contributed by atoms with Gasteiger partial charge in [0.05, 0.1) is 0 Å². The lowest BCUT2D eigenvalue weighted by molar-refractivity contribution is 0.552. The second-order valence-corrected chi connectivity index (χ2v) is 4.76. The molecule has 1 aliphatic rings. The van der Waals surface area contributed by atoms with Gasteiger partial charge in [0, 0.05) is 49.3 Å². The third-order valence-corrected chi connectivity index (χ3v) is 3.54. The molecular weight excluding hydrogens is 198 g/mol. The zero-order valence-electron chi connectivity index (χ0n) is 8.25. The number of thioether (sulfide) groups is 1. The van der Waals surface area contributed by atoms with E-state index in [0.29, 0.717) is 6.04 Å². The van der Waals surface area contributed by atoms with Gasteiger partial charge in [0.25, 0.3) is 5.56 Å². The molecule has 1 aromatic heterocycles. The number of aryl methyl sites for hydroxylation is 1. The van der Waals surface area contributed by atoms with Crippen LogP contribution >= 0.6 is 11.8 Å². The Kier molecular flexibility index (Phi) is 2.98. The highest BCUT2D eigenvalue weighted by molar-refractivity contribution is 7.99. The van der Waals surface area contributed by atoms with Crippen molar-refractivity contribution in [1.82, 2.24) is 15.1 Å². The van der Waals surface area contributed by atoms with Crippen LogP contribution in [0.2, 0.25) is 0 Å². The predicted molar refractivity (Wildman–Crippen MR) is 58.9 cm³/mol. The minimum absolute atomic E-state index is 0.0449. The molecule has 1 atom stereocenters. The van der Waals surface area contributed by atoms with Crippen molar-refractivity contribution < 1.29 is 0 Å². The third kappa shape index (κ3) is 2.22. The van der Waals surface area contributed by atoms with E-state index < -0.39 is 0 Å². The van der Waals surface area contributed by atoms with Gasteiger partial charge in [-0.15, -0.1) is 0 Å². The molecule has 5 heteroatoms. The van der Waals surface area contributed by atoms with E-state index in [2.05, 4.69) is 10.4 Å². The van der Waals surface area contributed by atoms with Gasteiger partial charge in [-0.2, -0.15) is 11.8 Å². The Balaban J connectivity index is 1.99. The topological polar surface area (TPSA) is 49.8 Å². The van der Waals surface area contributed by atoms with Crippen LogP contribution in [0.3, 0.4) is 0 Å². The van der Waals surface area contributed by atoms with Crippen molar-refractivity contribution in [2.45, 2.75) is 12.5 Å².